The second-order valence-electron chi connectivity index (χ2n) is 8.63. The summed E-state index contributed by atoms with van der Waals surface area (Å²) < 4.78 is 6.23. The molecule has 2 N–H and O–H groups in total. The molecule has 196 valence electrons. The van der Waals surface area contributed by atoms with Gasteiger partial charge in [0.2, 0.25) is 11.8 Å². The lowest BCUT2D eigenvalue weighted by atomic mass is 10.1. The molecule has 0 radical (unpaired) electrons. The van der Waals surface area contributed by atoms with Gasteiger partial charge in [-0.2, -0.15) is 0 Å². The summed E-state index contributed by atoms with van der Waals surface area (Å²) in [7, 11) is 1.62. The van der Waals surface area contributed by atoms with E-state index in [4.69, 9.17) is 16.3 Å². The van der Waals surface area contributed by atoms with E-state index in [0.29, 0.717) is 15.8 Å². The van der Waals surface area contributed by atoms with E-state index in [2.05, 4.69) is 15.6 Å². The average molecular weight is 574 g/mol. The maximum absolute atomic E-state index is 13.5. The third-order valence-corrected chi connectivity index (χ3v) is 8.29. The number of nitrogens with zero attached hydrogens (tertiary/aromatic N) is 1. The number of benzene rings is 4. The highest BCUT2D eigenvalue weighted by Gasteiger charge is 2.23. The summed E-state index contributed by atoms with van der Waals surface area (Å²) >= 11 is 8.76. The highest BCUT2D eigenvalue weighted by atomic mass is 35.5. The highest BCUT2D eigenvalue weighted by Crippen LogP contribution is 2.37. The van der Waals surface area contributed by atoms with Gasteiger partial charge in [-0.15, -0.1) is 11.8 Å². The molecule has 5 aromatic rings. The molecular formula is C30H24ClN3O3S2. The Bertz CT molecular complexity index is 1590. The van der Waals surface area contributed by atoms with E-state index in [9.17, 15) is 9.59 Å². The Kier molecular flexibility index (Phi) is 8.46. The smallest absolute Gasteiger partial charge is 0.244 e. The Morgan fingerprint density at radius 3 is 2.41 bits per heavy atom. The number of amides is 2. The molecule has 0 fully saturated rings. The van der Waals surface area contributed by atoms with Crippen molar-refractivity contribution in [3.8, 4) is 5.75 Å². The Labute approximate surface area is 239 Å². The Hall–Kier alpha value is -3.85. The van der Waals surface area contributed by atoms with Crippen LogP contribution in [-0.2, 0) is 16.0 Å². The fraction of sp³-hybridized carbons (Fsp3) is 0.100. The summed E-state index contributed by atoms with van der Waals surface area (Å²) in [6.07, 6.45) is 0.252. The standard InChI is InChI=1S/C30H24ClN3O3S2/c1-37-23-13-16-25-26(18-23)39-30(33-25)34-29(36)28(20-5-3-2-4-6-20)38-24-14-11-22(12-15-24)32-27(35)17-19-7-9-21(31)10-8-19/h2-16,18,28H,17H2,1H3,(H,32,35)(H,33,34,36). The molecule has 6 nitrogen and oxygen atoms in total. The summed E-state index contributed by atoms with van der Waals surface area (Å²) in [4.78, 5) is 31.4. The number of hydrogen-bond donors (Lipinski definition) is 2. The van der Waals surface area contributed by atoms with E-state index in [-0.39, 0.29) is 18.2 Å². The molecule has 0 bridgehead atoms. The van der Waals surface area contributed by atoms with Gasteiger partial charge in [-0.3, -0.25) is 9.59 Å². The first-order valence-corrected chi connectivity index (χ1v) is 14.2. The van der Waals surface area contributed by atoms with Crippen molar-refractivity contribution < 1.29 is 14.3 Å². The van der Waals surface area contributed by atoms with Crippen LogP contribution in [0.1, 0.15) is 16.4 Å². The molecule has 0 saturated heterocycles. The molecule has 0 spiro atoms. The number of aromatic nitrogens is 1. The lowest BCUT2D eigenvalue weighted by Gasteiger charge is -2.16. The van der Waals surface area contributed by atoms with Crippen molar-refractivity contribution in [2.45, 2.75) is 16.6 Å². The van der Waals surface area contributed by atoms with Crippen molar-refractivity contribution in [2.24, 2.45) is 0 Å². The van der Waals surface area contributed by atoms with Gasteiger partial charge in [0.05, 0.1) is 23.7 Å². The van der Waals surface area contributed by atoms with Crippen molar-refractivity contribution in [3.05, 3.63) is 113 Å². The van der Waals surface area contributed by atoms with Gasteiger partial charge in [-0.1, -0.05) is 65.4 Å². The van der Waals surface area contributed by atoms with Crippen LogP contribution in [0.25, 0.3) is 10.2 Å². The minimum Gasteiger partial charge on any atom is -0.497 e. The molecule has 1 heterocycles. The summed E-state index contributed by atoms with van der Waals surface area (Å²) in [6.45, 7) is 0. The zero-order chi connectivity index (χ0) is 27.2. The zero-order valence-corrected chi connectivity index (χ0v) is 23.3. The van der Waals surface area contributed by atoms with Crippen molar-refractivity contribution in [3.63, 3.8) is 0 Å². The number of rotatable bonds is 9. The first-order chi connectivity index (χ1) is 19.0. The third-order valence-electron chi connectivity index (χ3n) is 5.84. The monoisotopic (exact) mass is 573 g/mol. The number of methoxy groups -OCH3 is 1. The van der Waals surface area contributed by atoms with Gasteiger partial charge < -0.3 is 15.4 Å². The Morgan fingerprint density at radius 2 is 1.69 bits per heavy atom. The van der Waals surface area contributed by atoms with E-state index in [1.165, 1.54) is 23.1 Å². The molecule has 2 amide bonds. The first-order valence-electron chi connectivity index (χ1n) is 12.1. The molecule has 0 aliphatic carbocycles. The highest BCUT2D eigenvalue weighted by molar-refractivity contribution is 8.00. The van der Waals surface area contributed by atoms with Gasteiger partial charge >= 0.3 is 0 Å². The molecule has 1 atom stereocenters. The van der Waals surface area contributed by atoms with Crippen molar-refractivity contribution in [1.82, 2.24) is 4.98 Å². The van der Waals surface area contributed by atoms with Crippen LogP contribution in [0.3, 0.4) is 0 Å². The number of thioether (sulfide) groups is 1. The molecule has 5 rings (SSSR count). The number of fused-ring (bicyclic) bond motifs is 1. The van der Waals surface area contributed by atoms with Gasteiger partial charge in [0.15, 0.2) is 5.13 Å². The molecule has 4 aromatic carbocycles. The number of nitrogens with one attached hydrogen (secondary N) is 2. The number of carbonyl (C=O) groups excluding carboxylic acids is 2. The van der Waals surface area contributed by atoms with E-state index >= 15 is 0 Å². The fourth-order valence-electron chi connectivity index (χ4n) is 3.90. The lowest BCUT2D eigenvalue weighted by Crippen LogP contribution is -2.19. The van der Waals surface area contributed by atoms with Crippen molar-refractivity contribution >= 4 is 67.5 Å². The number of thiazole rings is 1. The van der Waals surface area contributed by atoms with Crippen LogP contribution >= 0.6 is 34.7 Å². The van der Waals surface area contributed by atoms with E-state index in [1.54, 1.807) is 19.2 Å². The number of hydrogen-bond acceptors (Lipinski definition) is 6. The summed E-state index contributed by atoms with van der Waals surface area (Å²) in [5.41, 5.74) is 3.24. The molecule has 9 heteroatoms. The van der Waals surface area contributed by atoms with E-state index < -0.39 is 5.25 Å². The van der Waals surface area contributed by atoms with Crippen molar-refractivity contribution in [1.29, 1.82) is 0 Å². The van der Waals surface area contributed by atoms with Gasteiger partial charge in [0.25, 0.3) is 0 Å². The topological polar surface area (TPSA) is 80.3 Å². The summed E-state index contributed by atoms with van der Waals surface area (Å²) in [5, 5.41) is 6.57. The van der Waals surface area contributed by atoms with Crippen LogP contribution in [0.5, 0.6) is 5.75 Å². The van der Waals surface area contributed by atoms with E-state index in [1.807, 2.05) is 84.9 Å². The molecule has 0 aliphatic rings. The Morgan fingerprint density at radius 1 is 0.949 bits per heavy atom. The molecule has 1 aromatic heterocycles. The fourth-order valence-corrected chi connectivity index (χ4v) is 5.95. The quantitative estimate of drug-likeness (QED) is 0.177. The summed E-state index contributed by atoms with van der Waals surface area (Å²) in [5.74, 6) is 0.455. The maximum atomic E-state index is 13.5. The number of halogens is 1. The Balaban J connectivity index is 1.28. The van der Waals surface area contributed by atoms with Crippen LogP contribution < -0.4 is 15.4 Å². The van der Waals surface area contributed by atoms with Crippen LogP contribution in [0.2, 0.25) is 5.02 Å². The predicted octanol–water partition coefficient (Wildman–Crippen LogP) is 7.61. The van der Waals surface area contributed by atoms with Gasteiger partial charge in [0.1, 0.15) is 11.0 Å². The SMILES string of the molecule is COc1ccc2nc(NC(=O)C(Sc3ccc(NC(=O)Cc4ccc(Cl)cc4)cc3)c3ccccc3)sc2c1. The summed E-state index contributed by atoms with van der Waals surface area (Å²) in [6, 6.07) is 29.9. The van der Waals surface area contributed by atoms with Crippen LogP contribution in [0.15, 0.2) is 102 Å². The van der Waals surface area contributed by atoms with E-state index in [0.717, 1.165) is 32.0 Å². The maximum Gasteiger partial charge on any atom is 0.244 e. The van der Waals surface area contributed by atoms with Gasteiger partial charge in [-0.25, -0.2) is 4.98 Å². The normalized spacial score (nSPS) is 11.6. The predicted molar refractivity (Wildman–Crippen MR) is 160 cm³/mol. The average Bonchev–Trinajstić information content (AvgIpc) is 3.35. The van der Waals surface area contributed by atoms with Crippen LogP contribution in [0, 0.1) is 0 Å². The second kappa shape index (κ2) is 12.3. The van der Waals surface area contributed by atoms with Crippen LogP contribution in [-0.4, -0.2) is 23.9 Å². The number of anilines is 2. The van der Waals surface area contributed by atoms with Gasteiger partial charge in [0, 0.05) is 15.6 Å². The molecule has 1 unspecified atom stereocenters. The zero-order valence-electron chi connectivity index (χ0n) is 20.9. The number of ether oxygens (including phenoxy) is 1. The van der Waals surface area contributed by atoms with Gasteiger partial charge in [-0.05, 0) is 65.7 Å². The number of carbonyl (C=O) groups is 2. The minimum absolute atomic E-state index is 0.118. The first kappa shape index (κ1) is 26.7. The molecular weight excluding hydrogens is 550 g/mol. The van der Waals surface area contributed by atoms with Crippen molar-refractivity contribution in [2.75, 3.05) is 17.7 Å². The largest absolute Gasteiger partial charge is 0.497 e. The second-order valence-corrected chi connectivity index (χ2v) is 11.3. The molecule has 0 saturated carbocycles. The third kappa shape index (κ3) is 6.97. The lowest BCUT2D eigenvalue weighted by molar-refractivity contribution is -0.116. The molecule has 0 aliphatic heterocycles. The van der Waals surface area contributed by atoms with Crippen LogP contribution in [0.4, 0.5) is 10.8 Å². The minimum atomic E-state index is -0.502. The molecule has 39 heavy (non-hydrogen) atoms.